The predicted molar refractivity (Wildman–Crippen MR) is 62.1 cm³/mol. The molecule has 4 heteroatoms. The first-order valence-corrected chi connectivity index (χ1v) is 7.30. The van der Waals surface area contributed by atoms with E-state index in [0.717, 1.165) is 19.1 Å². The van der Waals surface area contributed by atoms with Crippen LogP contribution in [0.4, 0.5) is 0 Å². The van der Waals surface area contributed by atoms with Crippen LogP contribution in [0.25, 0.3) is 0 Å². The third-order valence-corrected chi connectivity index (χ3v) is 5.90. The van der Waals surface area contributed by atoms with Crippen molar-refractivity contribution in [2.75, 3.05) is 6.61 Å². The third-order valence-electron chi connectivity index (χ3n) is 2.66. The first-order valence-electron chi connectivity index (χ1n) is 5.44. The molecule has 0 aromatic carbocycles. The summed E-state index contributed by atoms with van der Waals surface area (Å²) in [5.41, 5.74) is 0.452. The first kappa shape index (κ1) is 12.5. The number of hydrogen-bond donors (Lipinski definition) is 0. The van der Waals surface area contributed by atoms with Crippen LogP contribution in [0.1, 0.15) is 33.6 Å². The van der Waals surface area contributed by atoms with Gasteiger partial charge >= 0.3 is 5.97 Å². The minimum Gasteiger partial charge on any atom is -0.458 e. The van der Waals surface area contributed by atoms with E-state index in [1.807, 2.05) is 13.8 Å². The van der Waals surface area contributed by atoms with E-state index in [9.17, 15) is 4.79 Å². The van der Waals surface area contributed by atoms with Crippen LogP contribution < -0.4 is 0 Å². The van der Waals surface area contributed by atoms with Gasteiger partial charge < -0.3 is 9.16 Å². The molecule has 1 fully saturated rings. The maximum Gasteiger partial charge on any atom is 0.333 e. The van der Waals surface area contributed by atoms with Crippen LogP contribution in [0, 0.1) is 0 Å². The van der Waals surface area contributed by atoms with Crippen molar-refractivity contribution in [2.24, 2.45) is 0 Å². The Labute approximate surface area is 93.2 Å². The number of ether oxygens (including phenoxy) is 1. The Morgan fingerprint density at radius 2 is 2.13 bits per heavy atom. The number of rotatable bonds is 3. The first-order chi connectivity index (χ1) is 6.93. The fourth-order valence-corrected chi connectivity index (χ4v) is 4.29. The topological polar surface area (TPSA) is 35.5 Å². The number of esters is 1. The van der Waals surface area contributed by atoms with E-state index in [4.69, 9.17) is 9.16 Å². The summed E-state index contributed by atoms with van der Waals surface area (Å²) < 4.78 is 11.2. The zero-order valence-electron chi connectivity index (χ0n) is 9.84. The SMILES string of the molecule is C=C(C)C(=O)OC(C)(C)[SiH]1CCCCO1. The van der Waals surface area contributed by atoms with Gasteiger partial charge in [-0.2, -0.15) is 0 Å². The molecule has 0 aliphatic carbocycles. The van der Waals surface area contributed by atoms with Gasteiger partial charge in [0.2, 0.25) is 9.04 Å². The van der Waals surface area contributed by atoms with Gasteiger partial charge in [0.15, 0.2) is 0 Å². The van der Waals surface area contributed by atoms with E-state index in [2.05, 4.69) is 6.58 Å². The molecule has 1 aliphatic rings. The van der Waals surface area contributed by atoms with Crippen LogP contribution in [0.2, 0.25) is 6.04 Å². The van der Waals surface area contributed by atoms with E-state index < -0.39 is 14.3 Å². The van der Waals surface area contributed by atoms with Crippen molar-refractivity contribution < 1.29 is 14.0 Å². The van der Waals surface area contributed by atoms with Gasteiger partial charge in [0.1, 0.15) is 5.22 Å². The summed E-state index contributed by atoms with van der Waals surface area (Å²) >= 11 is 0. The molecule has 0 spiro atoms. The maximum absolute atomic E-state index is 11.4. The molecule has 1 saturated heterocycles. The van der Waals surface area contributed by atoms with Crippen LogP contribution in [0.15, 0.2) is 12.2 Å². The normalized spacial score (nSPS) is 22.2. The van der Waals surface area contributed by atoms with E-state index in [1.165, 1.54) is 6.42 Å². The maximum atomic E-state index is 11.4. The van der Waals surface area contributed by atoms with E-state index in [0.29, 0.717) is 5.57 Å². The van der Waals surface area contributed by atoms with Crippen molar-refractivity contribution in [3.05, 3.63) is 12.2 Å². The summed E-state index contributed by atoms with van der Waals surface area (Å²) in [6, 6.07) is 1.09. The molecule has 0 saturated carbocycles. The highest BCUT2D eigenvalue weighted by atomic mass is 28.3. The monoisotopic (exact) mass is 228 g/mol. The second-order valence-corrected chi connectivity index (χ2v) is 7.91. The average Bonchev–Trinajstić information content (AvgIpc) is 2.18. The number of carbonyl (C=O) groups excluding carboxylic acids is 1. The van der Waals surface area contributed by atoms with Gasteiger partial charge in [-0.15, -0.1) is 0 Å². The Hall–Kier alpha value is -0.613. The Kier molecular flexibility index (Phi) is 4.10. The molecule has 15 heavy (non-hydrogen) atoms. The van der Waals surface area contributed by atoms with Crippen molar-refractivity contribution in [1.82, 2.24) is 0 Å². The molecule has 0 bridgehead atoms. The molecule has 1 unspecified atom stereocenters. The molecule has 3 nitrogen and oxygen atoms in total. The van der Waals surface area contributed by atoms with Crippen molar-refractivity contribution in [2.45, 2.75) is 44.9 Å². The number of carbonyl (C=O) groups is 1. The molecule has 0 aromatic rings. The Balaban J connectivity index is 2.56. The van der Waals surface area contributed by atoms with Crippen LogP contribution >= 0.6 is 0 Å². The fourth-order valence-electron chi connectivity index (χ4n) is 1.68. The van der Waals surface area contributed by atoms with Gasteiger partial charge in [0.05, 0.1) is 0 Å². The van der Waals surface area contributed by atoms with E-state index in [1.54, 1.807) is 6.92 Å². The predicted octanol–water partition coefficient (Wildman–Crippen LogP) is 1.96. The Morgan fingerprint density at radius 1 is 1.47 bits per heavy atom. The van der Waals surface area contributed by atoms with E-state index in [-0.39, 0.29) is 5.97 Å². The van der Waals surface area contributed by atoms with Gasteiger partial charge in [-0.3, -0.25) is 0 Å². The lowest BCUT2D eigenvalue weighted by atomic mass is 10.3. The molecule has 1 rings (SSSR count). The standard InChI is InChI=1S/C11H20O3Si/c1-9(2)10(12)14-11(3,4)15-8-6-5-7-13-15/h15H,1,5-8H2,2-4H3. The highest BCUT2D eigenvalue weighted by Gasteiger charge is 2.37. The smallest absolute Gasteiger partial charge is 0.333 e. The van der Waals surface area contributed by atoms with Crippen molar-refractivity contribution in [3.63, 3.8) is 0 Å². The fraction of sp³-hybridized carbons (Fsp3) is 0.727. The molecular formula is C11H20O3Si. The largest absolute Gasteiger partial charge is 0.458 e. The van der Waals surface area contributed by atoms with Crippen molar-refractivity contribution >= 4 is 15.0 Å². The summed E-state index contributed by atoms with van der Waals surface area (Å²) in [6.07, 6.45) is 2.33. The summed E-state index contributed by atoms with van der Waals surface area (Å²) in [4.78, 5) is 11.4. The lowest BCUT2D eigenvalue weighted by Crippen LogP contribution is -2.48. The van der Waals surface area contributed by atoms with Gasteiger partial charge in [0, 0.05) is 12.2 Å². The Morgan fingerprint density at radius 3 is 2.60 bits per heavy atom. The molecular weight excluding hydrogens is 208 g/mol. The van der Waals surface area contributed by atoms with Gasteiger partial charge in [-0.1, -0.05) is 13.0 Å². The lowest BCUT2D eigenvalue weighted by molar-refractivity contribution is -0.146. The average molecular weight is 228 g/mol. The molecule has 1 aliphatic heterocycles. The number of hydrogen-bond acceptors (Lipinski definition) is 3. The highest BCUT2D eigenvalue weighted by Crippen LogP contribution is 2.24. The third kappa shape index (κ3) is 3.46. The van der Waals surface area contributed by atoms with Crippen molar-refractivity contribution in [1.29, 1.82) is 0 Å². The molecule has 0 amide bonds. The van der Waals surface area contributed by atoms with Gasteiger partial charge in [-0.25, -0.2) is 4.79 Å². The van der Waals surface area contributed by atoms with Crippen molar-refractivity contribution in [3.8, 4) is 0 Å². The molecule has 0 radical (unpaired) electrons. The van der Waals surface area contributed by atoms with Crippen LogP contribution in [-0.4, -0.2) is 26.8 Å². The van der Waals surface area contributed by atoms with Crippen LogP contribution in [0.5, 0.6) is 0 Å². The summed E-state index contributed by atoms with van der Waals surface area (Å²) in [5.74, 6) is -0.304. The van der Waals surface area contributed by atoms with Crippen LogP contribution in [0.3, 0.4) is 0 Å². The van der Waals surface area contributed by atoms with Gasteiger partial charge in [-0.05, 0) is 33.2 Å². The molecule has 1 heterocycles. The molecule has 0 aromatic heterocycles. The summed E-state index contributed by atoms with van der Waals surface area (Å²) in [7, 11) is -1.42. The summed E-state index contributed by atoms with van der Waals surface area (Å²) in [6.45, 7) is 9.99. The minimum absolute atomic E-state index is 0.304. The zero-order valence-corrected chi connectivity index (χ0v) is 11.0. The second kappa shape index (κ2) is 4.94. The zero-order chi connectivity index (χ0) is 11.5. The van der Waals surface area contributed by atoms with E-state index >= 15 is 0 Å². The highest BCUT2D eigenvalue weighted by molar-refractivity contribution is 6.55. The van der Waals surface area contributed by atoms with Crippen LogP contribution in [-0.2, 0) is 14.0 Å². The quantitative estimate of drug-likeness (QED) is 0.421. The van der Waals surface area contributed by atoms with Gasteiger partial charge in [0.25, 0.3) is 0 Å². The molecule has 1 atom stereocenters. The Bertz CT molecular complexity index is 255. The molecule has 0 N–H and O–H groups in total. The summed E-state index contributed by atoms with van der Waals surface area (Å²) in [5, 5.41) is -0.420. The lowest BCUT2D eigenvalue weighted by Gasteiger charge is -2.34. The molecule has 86 valence electrons. The second-order valence-electron chi connectivity index (χ2n) is 4.63. The minimum atomic E-state index is -1.42.